The second kappa shape index (κ2) is 6.58. The summed E-state index contributed by atoms with van der Waals surface area (Å²) in [4.78, 5) is 16.9. The number of ether oxygens (including phenoxy) is 1. The average Bonchev–Trinajstić information content (AvgIpc) is 2.88. The molecule has 0 aromatic heterocycles. The molecule has 1 saturated heterocycles. The number of amides is 1. The van der Waals surface area contributed by atoms with Gasteiger partial charge in [0.05, 0.1) is 17.7 Å². The lowest BCUT2D eigenvalue weighted by atomic mass is 10.2. The fraction of sp³-hybridized carbons (Fsp3) is 0.0588. The summed E-state index contributed by atoms with van der Waals surface area (Å²) in [7, 11) is 1.49. The van der Waals surface area contributed by atoms with Crippen LogP contribution < -0.4 is 10.1 Å². The largest absolute Gasteiger partial charge is 0.504 e. The van der Waals surface area contributed by atoms with Gasteiger partial charge in [0.15, 0.2) is 16.7 Å². The summed E-state index contributed by atoms with van der Waals surface area (Å²) >= 11 is 1.26. The number of hydrogen-bond acceptors (Lipinski definition) is 5. The van der Waals surface area contributed by atoms with E-state index in [1.807, 2.05) is 30.3 Å². The van der Waals surface area contributed by atoms with Crippen molar-refractivity contribution in [2.75, 3.05) is 7.11 Å². The molecule has 1 aliphatic heterocycles. The van der Waals surface area contributed by atoms with Gasteiger partial charge in [-0.2, -0.15) is 0 Å². The Morgan fingerprint density at radius 1 is 1.22 bits per heavy atom. The number of nitrogens with one attached hydrogen (secondary N) is 1. The topological polar surface area (TPSA) is 70.9 Å². The summed E-state index contributed by atoms with van der Waals surface area (Å²) in [5.74, 6) is 0.213. The predicted molar refractivity (Wildman–Crippen MR) is 91.9 cm³/mol. The average molecular weight is 326 g/mol. The van der Waals surface area contributed by atoms with E-state index in [9.17, 15) is 9.90 Å². The molecule has 3 rings (SSSR count). The van der Waals surface area contributed by atoms with E-state index in [1.54, 1.807) is 24.3 Å². The molecule has 1 aliphatic rings. The van der Waals surface area contributed by atoms with E-state index in [1.165, 1.54) is 18.9 Å². The van der Waals surface area contributed by atoms with Crippen LogP contribution in [0.1, 0.15) is 5.56 Å². The zero-order valence-electron chi connectivity index (χ0n) is 12.3. The number of hydrogen-bond donors (Lipinski definition) is 2. The van der Waals surface area contributed by atoms with Crippen molar-refractivity contribution in [2.24, 2.45) is 4.99 Å². The lowest BCUT2D eigenvalue weighted by molar-refractivity contribution is -0.115. The Bertz CT molecular complexity index is 801. The van der Waals surface area contributed by atoms with Crippen molar-refractivity contribution in [3.63, 3.8) is 0 Å². The second-order valence-electron chi connectivity index (χ2n) is 4.75. The van der Waals surface area contributed by atoms with Crippen LogP contribution in [0.15, 0.2) is 58.4 Å². The smallest absolute Gasteiger partial charge is 0.264 e. The van der Waals surface area contributed by atoms with E-state index in [0.717, 1.165) is 5.69 Å². The quantitative estimate of drug-likeness (QED) is 0.849. The molecule has 0 radical (unpaired) electrons. The first-order chi connectivity index (χ1) is 11.2. The highest BCUT2D eigenvalue weighted by atomic mass is 32.2. The third-order valence-corrected chi connectivity index (χ3v) is 4.05. The van der Waals surface area contributed by atoms with Crippen molar-refractivity contribution >= 4 is 34.6 Å². The highest BCUT2D eigenvalue weighted by Gasteiger charge is 2.23. The molecular weight excluding hydrogens is 312 g/mol. The van der Waals surface area contributed by atoms with Gasteiger partial charge in [-0.3, -0.25) is 4.79 Å². The van der Waals surface area contributed by atoms with Crippen LogP contribution in [-0.2, 0) is 4.79 Å². The molecule has 0 saturated carbocycles. The molecular formula is C17H14N2O3S. The van der Waals surface area contributed by atoms with Crippen LogP contribution in [0.4, 0.5) is 5.69 Å². The maximum atomic E-state index is 12.0. The first kappa shape index (κ1) is 15.2. The first-order valence-electron chi connectivity index (χ1n) is 6.87. The maximum Gasteiger partial charge on any atom is 0.264 e. The van der Waals surface area contributed by atoms with E-state index in [2.05, 4.69) is 10.3 Å². The summed E-state index contributed by atoms with van der Waals surface area (Å²) in [6.07, 6.45) is 1.70. The van der Waals surface area contributed by atoms with Gasteiger partial charge >= 0.3 is 0 Å². The normalized spacial score (nSPS) is 17.5. The summed E-state index contributed by atoms with van der Waals surface area (Å²) in [6, 6.07) is 14.4. The van der Waals surface area contributed by atoms with Crippen LogP contribution in [-0.4, -0.2) is 23.3 Å². The van der Waals surface area contributed by atoms with Gasteiger partial charge in [0, 0.05) is 0 Å². The number of phenols is 1. The fourth-order valence-electron chi connectivity index (χ4n) is 2.05. The molecule has 5 nitrogen and oxygen atoms in total. The van der Waals surface area contributed by atoms with Crippen LogP contribution in [0.2, 0.25) is 0 Å². The van der Waals surface area contributed by atoms with Gasteiger partial charge in [-0.1, -0.05) is 24.3 Å². The molecule has 0 atom stereocenters. The highest BCUT2D eigenvalue weighted by Crippen LogP contribution is 2.31. The number of para-hydroxylation sites is 1. The van der Waals surface area contributed by atoms with E-state index in [4.69, 9.17) is 4.74 Å². The molecule has 0 bridgehead atoms. The van der Waals surface area contributed by atoms with Crippen molar-refractivity contribution in [1.82, 2.24) is 5.32 Å². The first-order valence-corrected chi connectivity index (χ1v) is 7.69. The number of amidine groups is 1. The van der Waals surface area contributed by atoms with Gasteiger partial charge in [-0.25, -0.2) is 4.99 Å². The Balaban J connectivity index is 1.83. The van der Waals surface area contributed by atoms with Crippen LogP contribution >= 0.6 is 11.8 Å². The van der Waals surface area contributed by atoms with Gasteiger partial charge in [0.1, 0.15) is 0 Å². The van der Waals surface area contributed by atoms with Gasteiger partial charge in [-0.15, -0.1) is 0 Å². The zero-order chi connectivity index (χ0) is 16.2. The minimum atomic E-state index is -0.208. The molecule has 0 spiro atoms. The third kappa shape index (κ3) is 3.54. The van der Waals surface area contributed by atoms with Crippen LogP contribution in [0.5, 0.6) is 11.5 Å². The Morgan fingerprint density at radius 3 is 2.70 bits per heavy atom. The minimum absolute atomic E-state index is 0.0310. The molecule has 2 N–H and O–H groups in total. The summed E-state index contributed by atoms with van der Waals surface area (Å²) in [5, 5.41) is 13.1. The number of methoxy groups -OCH3 is 1. The van der Waals surface area contributed by atoms with Crippen molar-refractivity contribution in [3.8, 4) is 11.5 Å². The Morgan fingerprint density at radius 2 is 2.00 bits per heavy atom. The van der Waals surface area contributed by atoms with Crippen LogP contribution in [0.25, 0.3) is 6.08 Å². The van der Waals surface area contributed by atoms with E-state index in [0.29, 0.717) is 21.4 Å². The molecule has 0 aliphatic carbocycles. The number of aliphatic imine (C=N–C) groups is 1. The third-order valence-electron chi connectivity index (χ3n) is 3.14. The second-order valence-corrected chi connectivity index (χ2v) is 5.78. The van der Waals surface area contributed by atoms with Crippen LogP contribution in [0.3, 0.4) is 0 Å². The number of carbonyl (C=O) groups is 1. The van der Waals surface area contributed by atoms with Gasteiger partial charge < -0.3 is 15.2 Å². The minimum Gasteiger partial charge on any atom is -0.504 e. The number of benzene rings is 2. The number of carbonyl (C=O) groups excluding carboxylic acids is 1. The number of rotatable bonds is 3. The maximum absolute atomic E-state index is 12.0. The molecule has 1 fully saturated rings. The van der Waals surface area contributed by atoms with E-state index < -0.39 is 0 Å². The number of thioether (sulfide) groups is 1. The summed E-state index contributed by atoms with van der Waals surface area (Å²) in [6.45, 7) is 0. The molecule has 2 aromatic rings. The van der Waals surface area contributed by atoms with Gasteiger partial charge in [0.2, 0.25) is 0 Å². The van der Waals surface area contributed by atoms with E-state index >= 15 is 0 Å². The van der Waals surface area contributed by atoms with Crippen molar-refractivity contribution in [3.05, 3.63) is 59.0 Å². The highest BCUT2D eigenvalue weighted by molar-refractivity contribution is 8.18. The molecule has 6 heteroatoms. The molecule has 2 aromatic carbocycles. The number of aromatic hydroxyl groups is 1. The van der Waals surface area contributed by atoms with Crippen molar-refractivity contribution in [1.29, 1.82) is 0 Å². The molecule has 23 heavy (non-hydrogen) atoms. The number of nitrogens with zero attached hydrogens (tertiary/aromatic N) is 1. The Labute approximate surface area is 137 Å². The standard InChI is InChI=1S/C17H14N2O3S/c1-22-14-8-7-11(9-13(14)20)10-15-16(21)19-17(23-15)18-12-5-3-2-4-6-12/h2-10,20H,1H3,(H,18,19,21)/b15-10+. The van der Waals surface area contributed by atoms with E-state index in [-0.39, 0.29) is 11.7 Å². The fourth-order valence-corrected chi connectivity index (χ4v) is 2.89. The van der Waals surface area contributed by atoms with Gasteiger partial charge in [0.25, 0.3) is 5.91 Å². The predicted octanol–water partition coefficient (Wildman–Crippen LogP) is 3.29. The lowest BCUT2D eigenvalue weighted by Crippen LogP contribution is -2.19. The lowest BCUT2D eigenvalue weighted by Gasteiger charge is -2.03. The molecule has 116 valence electrons. The van der Waals surface area contributed by atoms with Crippen molar-refractivity contribution in [2.45, 2.75) is 0 Å². The molecule has 0 unspecified atom stereocenters. The van der Waals surface area contributed by atoms with Crippen LogP contribution in [0, 0.1) is 0 Å². The SMILES string of the molecule is COc1ccc(/C=C2/SC(=Nc3ccccc3)NC2=O)cc1O. The Kier molecular flexibility index (Phi) is 4.34. The van der Waals surface area contributed by atoms with Crippen molar-refractivity contribution < 1.29 is 14.6 Å². The zero-order valence-corrected chi connectivity index (χ0v) is 13.1. The summed E-state index contributed by atoms with van der Waals surface area (Å²) in [5.41, 5.74) is 1.49. The molecule has 1 heterocycles. The molecule has 1 amide bonds. The number of phenolic OH excluding ortho intramolecular Hbond substituents is 1. The Hall–Kier alpha value is -2.73. The summed E-state index contributed by atoms with van der Waals surface area (Å²) < 4.78 is 5.00. The van der Waals surface area contributed by atoms with Gasteiger partial charge in [-0.05, 0) is 47.7 Å². The monoisotopic (exact) mass is 326 g/mol.